The Morgan fingerprint density at radius 2 is 1.78 bits per heavy atom. The molecule has 0 N–H and O–H groups in total. The SMILES string of the molecule is N#Cc1cccc(CN2CCN(c3nccnc3C#N)CC2)c1. The maximum absolute atomic E-state index is 9.13. The number of nitriles is 2. The van der Waals surface area contributed by atoms with Gasteiger partial charge >= 0.3 is 0 Å². The Kier molecular flexibility index (Phi) is 4.46. The van der Waals surface area contributed by atoms with E-state index in [4.69, 9.17) is 10.5 Å². The molecule has 0 saturated carbocycles. The van der Waals surface area contributed by atoms with E-state index in [9.17, 15) is 0 Å². The maximum Gasteiger partial charge on any atom is 0.183 e. The minimum Gasteiger partial charge on any atom is -0.352 e. The lowest BCUT2D eigenvalue weighted by Gasteiger charge is -2.35. The molecule has 1 aromatic heterocycles. The molecule has 6 heteroatoms. The normalized spacial score (nSPS) is 15.0. The van der Waals surface area contributed by atoms with Crippen LogP contribution in [0.4, 0.5) is 5.82 Å². The molecule has 3 rings (SSSR count). The van der Waals surface area contributed by atoms with E-state index in [1.807, 2.05) is 24.3 Å². The predicted molar refractivity (Wildman–Crippen MR) is 85.4 cm³/mol. The van der Waals surface area contributed by atoms with Crippen molar-refractivity contribution in [2.24, 2.45) is 0 Å². The first-order chi connectivity index (χ1) is 11.3. The van der Waals surface area contributed by atoms with Crippen molar-refractivity contribution in [1.29, 1.82) is 10.5 Å². The van der Waals surface area contributed by atoms with Gasteiger partial charge in [-0.25, -0.2) is 9.97 Å². The summed E-state index contributed by atoms with van der Waals surface area (Å²) in [6.45, 7) is 4.22. The van der Waals surface area contributed by atoms with Gasteiger partial charge in [0.25, 0.3) is 0 Å². The van der Waals surface area contributed by atoms with Crippen molar-refractivity contribution in [3.63, 3.8) is 0 Å². The lowest BCUT2D eigenvalue weighted by atomic mass is 10.1. The first-order valence-corrected chi connectivity index (χ1v) is 7.47. The summed E-state index contributed by atoms with van der Waals surface area (Å²) in [6.07, 6.45) is 3.16. The molecule has 1 fully saturated rings. The van der Waals surface area contributed by atoms with Crippen molar-refractivity contribution in [2.75, 3.05) is 31.1 Å². The second kappa shape index (κ2) is 6.87. The summed E-state index contributed by atoms with van der Waals surface area (Å²) in [4.78, 5) is 12.8. The largest absolute Gasteiger partial charge is 0.352 e. The zero-order chi connectivity index (χ0) is 16.1. The van der Waals surface area contributed by atoms with Crippen LogP contribution in [0.2, 0.25) is 0 Å². The van der Waals surface area contributed by atoms with Crippen LogP contribution in [0, 0.1) is 22.7 Å². The van der Waals surface area contributed by atoms with E-state index in [-0.39, 0.29) is 0 Å². The van der Waals surface area contributed by atoms with Gasteiger partial charge in [0.15, 0.2) is 11.5 Å². The first kappa shape index (κ1) is 15.0. The molecule has 0 aliphatic carbocycles. The third-order valence-electron chi connectivity index (χ3n) is 3.92. The standard InChI is InChI=1S/C17H16N6/c18-11-14-2-1-3-15(10-14)13-22-6-8-23(9-7-22)17-16(12-19)20-4-5-21-17/h1-5,10H,6-9,13H2. The van der Waals surface area contributed by atoms with E-state index in [0.717, 1.165) is 38.3 Å². The minimum atomic E-state index is 0.377. The predicted octanol–water partition coefficient (Wildman–Crippen LogP) is 1.54. The number of anilines is 1. The maximum atomic E-state index is 9.13. The average molecular weight is 304 g/mol. The smallest absolute Gasteiger partial charge is 0.183 e. The molecule has 23 heavy (non-hydrogen) atoms. The zero-order valence-electron chi connectivity index (χ0n) is 12.7. The van der Waals surface area contributed by atoms with Crippen LogP contribution in [0.15, 0.2) is 36.7 Å². The molecule has 0 bridgehead atoms. The lowest BCUT2D eigenvalue weighted by Crippen LogP contribution is -2.46. The van der Waals surface area contributed by atoms with E-state index in [2.05, 4.69) is 31.9 Å². The highest BCUT2D eigenvalue weighted by Gasteiger charge is 2.20. The third-order valence-corrected chi connectivity index (χ3v) is 3.92. The highest BCUT2D eigenvalue weighted by molar-refractivity contribution is 5.49. The summed E-state index contributed by atoms with van der Waals surface area (Å²) >= 11 is 0. The van der Waals surface area contributed by atoms with Crippen molar-refractivity contribution in [3.05, 3.63) is 53.5 Å². The van der Waals surface area contributed by atoms with Gasteiger partial charge < -0.3 is 4.90 Å². The van der Waals surface area contributed by atoms with E-state index in [1.165, 1.54) is 0 Å². The van der Waals surface area contributed by atoms with Gasteiger partial charge in [0.1, 0.15) is 6.07 Å². The van der Waals surface area contributed by atoms with Crippen LogP contribution in [0.1, 0.15) is 16.8 Å². The summed E-state index contributed by atoms with van der Waals surface area (Å²) in [5, 5.41) is 18.1. The fourth-order valence-electron chi connectivity index (χ4n) is 2.76. The molecule has 2 aromatic rings. The number of aromatic nitrogens is 2. The van der Waals surface area contributed by atoms with Crippen molar-refractivity contribution < 1.29 is 0 Å². The van der Waals surface area contributed by atoms with Crippen LogP contribution in [0.25, 0.3) is 0 Å². The van der Waals surface area contributed by atoms with Gasteiger partial charge in [-0.3, -0.25) is 4.90 Å². The molecule has 0 amide bonds. The topological polar surface area (TPSA) is 79.8 Å². The molecule has 0 atom stereocenters. The number of rotatable bonds is 3. The second-order valence-corrected chi connectivity index (χ2v) is 5.42. The molecular formula is C17H16N6. The third kappa shape index (κ3) is 3.45. The fraction of sp³-hybridized carbons (Fsp3) is 0.294. The van der Waals surface area contributed by atoms with Crippen molar-refractivity contribution in [1.82, 2.24) is 14.9 Å². The highest BCUT2D eigenvalue weighted by atomic mass is 15.3. The lowest BCUT2D eigenvalue weighted by molar-refractivity contribution is 0.249. The fourth-order valence-corrected chi connectivity index (χ4v) is 2.76. The van der Waals surface area contributed by atoms with E-state index < -0.39 is 0 Å². The molecule has 1 aliphatic heterocycles. The van der Waals surface area contributed by atoms with Crippen molar-refractivity contribution >= 4 is 5.82 Å². The monoisotopic (exact) mass is 304 g/mol. The van der Waals surface area contributed by atoms with Gasteiger partial charge in [-0.15, -0.1) is 0 Å². The Morgan fingerprint density at radius 3 is 2.52 bits per heavy atom. The Hall–Kier alpha value is -2.96. The van der Waals surface area contributed by atoms with Gasteiger partial charge in [0, 0.05) is 45.1 Å². The highest BCUT2D eigenvalue weighted by Crippen LogP contribution is 2.17. The van der Waals surface area contributed by atoms with Gasteiger partial charge in [0.05, 0.1) is 11.6 Å². The molecule has 2 heterocycles. The van der Waals surface area contributed by atoms with Gasteiger partial charge in [-0.05, 0) is 17.7 Å². The second-order valence-electron chi connectivity index (χ2n) is 5.42. The first-order valence-electron chi connectivity index (χ1n) is 7.47. The van der Waals surface area contributed by atoms with Crippen molar-refractivity contribution in [2.45, 2.75) is 6.54 Å². The summed E-state index contributed by atoms with van der Waals surface area (Å²) < 4.78 is 0. The molecule has 114 valence electrons. The Balaban J connectivity index is 1.62. The summed E-state index contributed by atoms with van der Waals surface area (Å²) in [5.41, 5.74) is 2.22. The Morgan fingerprint density at radius 1 is 1.00 bits per heavy atom. The Bertz CT molecular complexity index is 765. The van der Waals surface area contributed by atoms with E-state index in [0.29, 0.717) is 17.1 Å². The number of nitrogens with zero attached hydrogens (tertiary/aromatic N) is 6. The van der Waals surface area contributed by atoms with Crippen LogP contribution in [-0.2, 0) is 6.54 Å². The molecule has 1 saturated heterocycles. The van der Waals surface area contributed by atoms with E-state index >= 15 is 0 Å². The number of hydrogen-bond donors (Lipinski definition) is 0. The Labute approximate surface area is 135 Å². The van der Waals surface area contributed by atoms with Gasteiger partial charge in [-0.1, -0.05) is 12.1 Å². The average Bonchev–Trinajstić information content (AvgIpc) is 2.62. The molecule has 1 aliphatic rings. The van der Waals surface area contributed by atoms with Crippen molar-refractivity contribution in [3.8, 4) is 12.1 Å². The summed E-state index contributed by atoms with van der Waals surface area (Å²) in [7, 11) is 0. The molecular weight excluding hydrogens is 288 g/mol. The molecule has 0 unspecified atom stereocenters. The summed E-state index contributed by atoms with van der Waals surface area (Å²) in [5.74, 6) is 0.668. The van der Waals surface area contributed by atoms with Gasteiger partial charge in [-0.2, -0.15) is 10.5 Å². The quantitative estimate of drug-likeness (QED) is 0.856. The molecule has 0 radical (unpaired) electrons. The minimum absolute atomic E-state index is 0.377. The molecule has 0 spiro atoms. The number of benzene rings is 1. The van der Waals surface area contributed by atoms with E-state index in [1.54, 1.807) is 12.4 Å². The summed E-state index contributed by atoms with van der Waals surface area (Å²) in [6, 6.07) is 12.0. The van der Waals surface area contributed by atoms with Crippen LogP contribution < -0.4 is 4.90 Å². The molecule has 6 nitrogen and oxygen atoms in total. The van der Waals surface area contributed by atoms with Crippen LogP contribution in [0.5, 0.6) is 0 Å². The molecule has 1 aromatic carbocycles. The van der Waals surface area contributed by atoms with Crippen LogP contribution >= 0.6 is 0 Å². The number of piperazine rings is 1. The van der Waals surface area contributed by atoms with Crippen LogP contribution in [0.3, 0.4) is 0 Å². The zero-order valence-corrected chi connectivity index (χ0v) is 12.7. The van der Waals surface area contributed by atoms with Crippen LogP contribution in [-0.4, -0.2) is 41.0 Å². The van der Waals surface area contributed by atoms with Gasteiger partial charge in [0.2, 0.25) is 0 Å². The number of hydrogen-bond acceptors (Lipinski definition) is 6.